The molecule has 1 saturated heterocycles. The highest BCUT2D eigenvalue weighted by atomic mass is 35.5. The van der Waals surface area contributed by atoms with Gasteiger partial charge in [0.2, 0.25) is 5.76 Å². The number of benzene rings is 2. The van der Waals surface area contributed by atoms with E-state index < -0.39 is 6.04 Å². The summed E-state index contributed by atoms with van der Waals surface area (Å²) in [5.41, 5.74) is 1.27. The van der Waals surface area contributed by atoms with E-state index in [1.807, 2.05) is 24.3 Å². The van der Waals surface area contributed by atoms with E-state index in [0.717, 1.165) is 18.4 Å². The Balaban J connectivity index is 1.69. The van der Waals surface area contributed by atoms with Gasteiger partial charge >= 0.3 is 0 Å². The van der Waals surface area contributed by atoms with E-state index >= 15 is 0 Å². The molecule has 0 N–H and O–H groups in total. The first-order chi connectivity index (χ1) is 14.6. The molecule has 0 unspecified atom stereocenters. The monoisotopic (exact) mass is 425 g/mol. The maximum atomic E-state index is 13.5. The molecule has 154 valence electrons. The molecule has 2 aliphatic heterocycles. The van der Waals surface area contributed by atoms with Gasteiger partial charge in [-0.2, -0.15) is 0 Å². The first-order valence-corrected chi connectivity index (χ1v) is 10.3. The third-order valence-corrected chi connectivity index (χ3v) is 6.02. The van der Waals surface area contributed by atoms with E-state index in [1.165, 1.54) is 0 Å². The third-order valence-electron chi connectivity index (χ3n) is 5.78. The Labute approximate surface area is 177 Å². The van der Waals surface area contributed by atoms with Gasteiger partial charge in [-0.15, -0.1) is 0 Å². The van der Waals surface area contributed by atoms with Crippen LogP contribution < -0.4 is 10.2 Å². The molecule has 2 aliphatic rings. The molecule has 2 atom stereocenters. The smallest absolute Gasteiger partial charge is 0.291 e. The molecule has 0 radical (unpaired) electrons. The average Bonchev–Trinajstić information content (AvgIpc) is 3.37. The van der Waals surface area contributed by atoms with E-state index in [2.05, 4.69) is 0 Å². The molecular weight excluding hydrogens is 406 g/mol. The van der Waals surface area contributed by atoms with Gasteiger partial charge in [-0.25, -0.2) is 0 Å². The molecule has 1 aromatic heterocycles. The lowest BCUT2D eigenvalue weighted by atomic mass is 9.98. The van der Waals surface area contributed by atoms with E-state index in [1.54, 1.807) is 30.2 Å². The number of carbonyl (C=O) groups is 1. The van der Waals surface area contributed by atoms with Gasteiger partial charge in [0.05, 0.1) is 30.2 Å². The Hall–Kier alpha value is -2.83. The van der Waals surface area contributed by atoms with E-state index in [0.29, 0.717) is 40.5 Å². The predicted octanol–water partition coefficient (Wildman–Crippen LogP) is 4.18. The van der Waals surface area contributed by atoms with Crippen LogP contribution >= 0.6 is 11.6 Å². The zero-order chi connectivity index (χ0) is 20.8. The van der Waals surface area contributed by atoms with Crippen LogP contribution in [-0.2, 0) is 4.74 Å². The van der Waals surface area contributed by atoms with Crippen LogP contribution in [0.3, 0.4) is 0 Å². The Morgan fingerprint density at radius 3 is 2.67 bits per heavy atom. The van der Waals surface area contributed by atoms with Crippen molar-refractivity contribution in [3.63, 3.8) is 0 Å². The van der Waals surface area contributed by atoms with Crippen molar-refractivity contribution in [3.05, 3.63) is 74.6 Å². The summed E-state index contributed by atoms with van der Waals surface area (Å²) in [6.45, 7) is 1.09. The fourth-order valence-corrected chi connectivity index (χ4v) is 4.49. The first-order valence-electron chi connectivity index (χ1n) is 9.89. The lowest BCUT2D eigenvalue weighted by molar-refractivity contribution is 0.0486. The Morgan fingerprint density at radius 1 is 1.17 bits per heavy atom. The molecule has 0 saturated carbocycles. The van der Waals surface area contributed by atoms with Crippen LogP contribution in [0, 0.1) is 0 Å². The van der Waals surface area contributed by atoms with Crippen molar-refractivity contribution < 1.29 is 18.7 Å². The molecule has 5 rings (SSSR count). The van der Waals surface area contributed by atoms with Crippen LogP contribution in [0.15, 0.2) is 51.7 Å². The van der Waals surface area contributed by atoms with Gasteiger partial charge in [0.1, 0.15) is 11.3 Å². The summed E-state index contributed by atoms with van der Waals surface area (Å²) in [4.78, 5) is 28.5. The predicted molar refractivity (Wildman–Crippen MR) is 112 cm³/mol. The highest BCUT2D eigenvalue weighted by Crippen LogP contribution is 2.39. The number of nitrogens with zero attached hydrogens (tertiary/aromatic N) is 1. The van der Waals surface area contributed by atoms with E-state index in [9.17, 15) is 9.59 Å². The molecule has 7 heteroatoms. The van der Waals surface area contributed by atoms with Gasteiger partial charge in [0, 0.05) is 18.2 Å². The Kier molecular flexibility index (Phi) is 4.76. The minimum Gasteiger partial charge on any atom is -0.497 e. The van der Waals surface area contributed by atoms with Gasteiger partial charge in [-0.3, -0.25) is 9.59 Å². The molecular formula is C23H20ClNO5. The number of hydrogen-bond donors (Lipinski definition) is 0. The maximum absolute atomic E-state index is 13.5. The van der Waals surface area contributed by atoms with Crippen LogP contribution in [0.1, 0.15) is 40.6 Å². The normalized spacial score (nSPS) is 20.7. The summed E-state index contributed by atoms with van der Waals surface area (Å²) in [5.74, 6) is 0.496. The summed E-state index contributed by atoms with van der Waals surface area (Å²) < 4.78 is 17.0. The van der Waals surface area contributed by atoms with Crippen molar-refractivity contribution in [1.82, 2.24) is 4.90 Å². The number of carbonyl (C=O) groups excluding carboxylic acids is 1. The Morgan fingerprint density at radius 2 is 1.97 bits per heavy atom. The molecule has 0 spiro atoms. The zero-order valence-corrected chi connectivity index (χ0v) is 17.1. The van der Waals surface area contributed by atoms with Crippen molar-refractivity contribution in [2.45, 2.75) is 25.0 Å². The number of ether oxygens (including phenoxy) is 2. The second-order valence-electron chi connectivity index (χ2n) is 7.58. The summed E-state index contributed by atoms with van der Waals surface area (Å²) >= 11 is 6.11. The van der Waals surface area contributed by atoms with E-state index in [-0.39, 0.29) is 23.2 Å². The number of halogens is 1. The van der Waals surface area contributed by atoms with Gasteiger partial charge in [-0.05, 0) is 48.7 Å². The highest BCUT2D eigenvalue weighted by molar-refractivity contribution is 6.31. The third kappa shape index (κ3) is 3.07. The molecule has 1 amide bonds. The van der Waals surface area contributed by atoms with Crippen LogP contribution in [0.2, 0.25) is 5.02 Å². The number of rotatable bonds is 4. The van der Waals surface area contributed by atoms with Crippen LogP contribution in [0.4, 0.5) is 0 Å². The summed E-state index contributed by atoms with van der Waals surface area (Å²) in [6, 6.07) is 11.7. The lowest BCUT2D eigenvalue weighted by Crippen LogP contribution is -2.36. The van der Waals surface area contributed by atoms with Crippen molar-refractivity contribution in [2.24, 2.45) is 0 Å². The fraction of sp³-hybridized carbons (Fsp3) is 0.304. The largest absolute Gasteiger partial charge is 0.497 e. The quantitative estimate of drug-likeness (QED) is 0.627. The summed E-state index contributed by atoms with van der Waals surface area (Å²) in [5, 5.41) is 0.808. The van der Waals surface area contributed by atoms with Crippen molar-refractivity contribution in [3.8, 4) is 5.75 Å². The number of fused-ring (bicyclic) bond motifs is 2. The maximum Gasteiger partial charge on any atom is 0.291 e. The molecule has 30 heavy (non-hydrogen) atoms. The fourth-order valence-electron chi connectivity index (χ4n) is 4.32. The SMILES string of the molecule is COc1ccc([C@@H]2c3c(oc4ccc(Cl)cc4c3=O)C(=O)N2C[C@@H]2CCCO2)cc1. The standard InChI is InChI=1S/C23H20ClNO5/c1-28-15-7-4-13(5-8-15)20-19-21(26)17-11-14(24)6-9-18(17)30-22(19)23(27)25(20)12-16-3-2-10-29-16/h4-9,11,16,20H,2-3,10,12H2,1H3/t16-,20+/m0/s1. The highest BCUT2D eigenvalue weighted by Gasteiger charge is 2.43. The average molecular weight is 426 g/mol. The number of hydrogen-bond acceptors (Lipinski definition) is 5. The van der Waals surface area contributed by atoms with Gasteiger partial charge in [0.25, 0.3) is 5.91 Å². The van der Waals surface area contributed by atoms with Crippen LogP contribution in [0.5, 0.6) is 5.75 Å². The van der Waals surface area contributed by atoms with Crippen molar-refractivity contribution in [2.75, 3.05) is 20.3 Å². The molecule has 6 nitrogen and oxygen atoms in total. The summed E-state index contributed by atoms with van der Waals surface area (Å²) in [6.07, 6.45) is 1.80. The second kappa shape index (κ2) is 7.45. The topological polar surface area (TPSA) is 69.0 Å². The zero-order valence-electron chi connectivity index (χ0n) is 16.4. The van der Waals surface area contributed by atoms with Gasteiger partial charge in [0.15, 0.2) is 5.43 Å². The number of methoxy groups -OCH3 is 1. The molecule has 0 aliphatic carbocycles. The van der Waals surface area contributed by atoms with Crippen LogP contribution in [-0.4, -0.2) is 37.2 Å². The minimum absolute atomic E-state index is 0.0528. The van der Waals surface area contributed by atoms with Crippen LogP contribution in [0.25, 0.3) is 11.0 Å². The molecule has 3 heterocycles. The molecule has 2 aromatic carbocycles. The number of amides is 1. The first kappa shape index (κ1) is 19.2. The molecule has 3 aromatic rings. The second-order valence-corrected chi connectivity index (χ2v) is 8.02. The van der Waals surface area contributed by atoms with Gasteiger partial charge < -0.3 is 18.8 Å². The van der Waals surface area contributed by atoms with Gasteiger partial charge in [-0.1, -0.05) is 23.7 Å². The van der Waals surface area contributed by atoms with Crippen molar-refractivity contribution >= 4 is 28.5 Å². The lowest BCUT2D eigenvalue weighted by Gasteiger charge is -2.27. The Bertz CT molecular complexity index is 1180. The molecule has 0 bridgehead atoms. The minimum atomic E-state index is -0.553. The van der Waals surface area contributed by atoms with Crippen molar-refractivity contribution in [1.29, 1.82) is 0 Å². The molecule has 1 fully saturated rings. The summed E-state index contributed by atoms with van der Waals surface area (Å²) in [7, 11) is 1.59. The van der Waals surface area contributed by atoms with E-state index in [4.69, 9.17) is 25.5 Å².